The summed E-state index contributed by atoms with van der Waals surface area (Å²) in [5, 5.41) is 24.3. The molecule has 1 aliphatic rings. The summed E-state index contributed by atoms with van der Waals surface area (Å²) in [7, 11) is 0. The van der Waals surface area contributed by atoms with E-state index in [4.69, 9.17) is 16.3 Å². The highest BCUT2D eigenvalue weighted by molar-refractivity contribution is 7.11. The molecule has 1 atom stereocenters. The van der Waals surface area contributed by atoms with Crippen molar-refractivity contribution in [2.45, 2.75) is 38.4 Å². The van der Waals surface area contributed by atoms with Crippen molar-refractivity contribution in [3.05, 3.63) is 39.9 Å². The second-order valence-corrected chi connectivity index (χ2v) is 9.00. The standard InChI is InChI=1S/C21H25ClF2N4O5S/c22-12-9-15(23)14(16(24)10-12)11-33-18-17(20(30)31)19(34-27-18)26-21(32)25-5-3-13(29)4-8-28-6-1-2-7-28/h9-10,13,29H,1-8,11H2,(H,30,31)(H2,25,26,32). The van der Waals surface area contributed by atoms with E-state index in [0.717, 1.165) is 31.8 Å². The van der Waals surface area contributed by atoms with E-state index < -0.39 is 47.5 Å². The molecule has 186 valence electrons. The van der Waals surface area contributed by atoms with Gasteiger partial charge in [-0.2, -0.15) is 4.37 Å². The molecule has 2 amide bonds. The highest BCUT2D eigenvalue weighted by Gasteiger charge is 2.24. The van der Waals surface area contributed by atoms with Gasteiger partial charge in [-0.3, -0.25) is 5.32 Å². The lowest BCUT2D eigenvalue weighted by atomic mass is 10.2. The number of aliphatic hydroxyl groups excluding tert-OH is 1. The lowest BCUT2D eigenvalue weighted by Crippen LogP contribution is -2.32. The van der Waals surface area contributed by atoms with Crippen molar-refractivity contribution in [1.82, 2.24) is 14.6 Å². The number of carbonyl (C=O) groups excluding carboxylic acids is 1. The van der Waals surface area contributed by atoms with Crippen molar-refractivity contribution in [3.63, 3.8) is 0 Å². The summed E-state index contributed by atoms with van der Waals surface area (Å²) in [4.78, 5) is 26.1. The Morgan fingerprint density at radius 1 is 1.24 bits per heavy atom. The van der Waals surface area contributed by atoms with Crippen molar-refractivity contribution >= 4 is 40.1 Å². The molecule has 9 nitrogen and oxygen atoms in total. The quantitative estimate of drug-likeness (QED) is 0.357. The van der Waals surface area contributed by atoms with Crippen molar-refractivity contribution < 1.29 is 33.3 Å². The third-order valence-corrected chi connectivity index (χ3v) is 6.27. The van der Waals surface area contributed by atoms with Gasteiger partial charge in [0.2, 0.25) is 5.88 Å². The number of aromatic nitrogens is 1. The molecule has 3 rings (SSSR count). The maximum Gasteiger partial charge on any atom is 0.344 e. The van der Waals surface area contributed by atoms with Crippen molar-refractivity contribution in [3.8, 4) is 5.88 Å². The maximum absolute atomic E-state index is 13.9. The van der Waals surface area contributed by atoms with Crippen LogP contribution in [0, 0.1) is 11.6 Å². The fourth-order valence-electron chi connectivity index (χ4n) is 3.48. The van der Waals surface area contributed by atoms with Crippen LogP contribution in [0.5, 0.6) is 5.88 Å². The number of carboxylic acids is 1. The number of halogens is 3. The van der Waals surface area contributed by atoms with Gasteiger partial charge in [0.05, 0.1) is 11.7 Å². The van der Waals surface area contributed by atoms with Crippen molar-refractivity contribution in [1.29, 1.82) is 0 Å². The molecule has 0 saturated carbocycles. The van der Waals surface area contributed by atoms with Gasteiger partial charge in [0, 0.05) is 18.1 Å². The largest absolute Gasteiger partial charge is 0.477 e. The summed E-state index contributed by atoms with van der Waals surface area (Å²) in [5.74, 6) is -3.72. The molecule has 4 N–H and O–H groups in total. The SMILES string of the molecule is O=C(NCCC(O)CCN1CCCC1)Nc1snc(OCc2c(F)cc(Cl)cc2F)c1C(=O)O. The maximum atomic E-state index is 13.9. The van der Waals surface area contributed by atoms with E-state index in [9.17, 15) is 28.6 Å². The molecular formula is C21H25ClF2N4O5S. The van der Waals surface area contributed by atoms with E-state index in [2.05, 4.69) is 19.9 Å². The minimum absolute atomic E-state index is 0.105. The van der Waals surface area contributed by atoms with E-state index in [-0.39, 0.29) is 22.4 Å². The lowest BCUT2D eigenvalue weighted by Gasteiger charge is -2.17. The Morgan fingerprint density at radius 2 is 1.91 bits per heavy atom. The predicted octanol–water partition coefficient (Wildman–Crippen LogP) is 3.71. The Kier molecular flexibility index (Phi) is 9.39. The highest BCUT2D eigenvalue weighted by atomic mass is 35.5. The molecule has 0 spiro atoms. The van der Waals surface area contributed by atoms with Crippen LogP contribution in [0.3, 0.4) is 0 Å². The molecule has 34 heavy (non-hydrogen) atoms. The smallest absolute Gasteiger partial charge is 0.344 e. The van der Waals surface area contributed by atoms with Crippen LogP contribution >= 0.6 is 23.1 Å². The number of carbonyl (C=O) groups is 2. The van der Waals surface area contributed by atoms with Gasteiger partial charge >= 0.3 is 12.0 Å². The molecular weight excluding hydrogens is 494 g/mol. The Morgan fingerprint density at radius 3 is 2.56 bits per heavy atom. The third-order valence-electron chi connectivity index (χ3n) is 5.30. The van der Waals surface area contributed by atoms with Crippen LogP contribution in [0.4, 0.5) is 18.6 Å². The van der Waals surface area contributed by atoms with Crippen molar-refractivity contribution in [2.75, 3.05) is 31.5 Å². The second kappa shape index (κ2) is 12.2. The first-order valence-corrected chi connectivity index (χ1v) is 11.8. The fraction of sp³-hybridized carbons (Fsp3) is 0.476. The normalized spacial score (nSPS) is 14.7. The Labute approximate surface area is 203 Å². The van der Waals surface area contributed by atoms with Crippen LogP contribution in [-0.2, 0) is 6.61 Å². The van der Waals surface area contributed by atoms with Gasteiger partial charge in [0.25, 0.3) is 0 Å². The number of rotatable bonds is 11. The van der Waals surface area contributed by atoms with Gasteiger partial charge in [-0.05, 0) is 62.4 Å². The summed E-state index contributed by atoms with van der Waals surface area (Å²) >= 11 is 6.23. The summed E-state index contributed by atoms with van der Waals surface area (Å²) in [6, 6.07) is 1.13. The first-order chi connectivity index (χ1) is 16.2. The van der Waals surface area contributed by atoms with E-state index in [1.165, 1.54) is 12.8 Å². The summed E-state index contributed by atoms with van der Waals surface area (Å²) in [5.41, 5.74) is -0.884. The first kappa shape index (κ1) is 26.1. The summed E-state index contributed by atoms with van der Waals surface area (Å²) in [6.07, 6.45) is 2.75. The number of urea groups is 1. The number of hydrogen-bond acceptors (Lipinski definition) is 7. The number of aliphatic hydroxyl groups is 1. The van der Waals surface area contributed by atoms with Crippen molar-refractivity contribution in [2.24, 2.45) is 0 Å². The molecule has 13 heteroatoms. The molecule has 1 unspecified atom stereocenters. The predicted molar refractivity (Wildman–Crippen MR) is 123 cm³/mol. The van der Waals surface area contributed by atoms with Gasteiger partial charge in [-0.25, -0.2) is 18.4 Å². The first-order valence-electron chi connectivity index (χ1n) is 10.7. The van der Waals surface area contributed by atoms with E-state index in [0.29, 0.717) is 24.4 Å². The Bertz CT molecular complexity index is 996. The lowest BCUT2D eigenvalue weighted by molar-refractivity contribution is 0.0693. The summed E-state index contributed by atoms with van der Waals surface area (Å²) < 4.78 is 36.9. The molecule has 1 saturated heterocycles. The van der Waals surface area contributed by atoms with Crippen LogP contribution in [0.15, 0.2) is 12.1 Å². The van der Waals surface area contributed by atoms with Gasteiger partial charge in [-0.1, -0.05) is 11.6 Å². The zero-order valence-corrected chi connectivity index (χ0v) is 19.7. The van der Waals surface area contributed by atoms with Crippen LogP contribution in [0.1, 0.15) is 41.6 Å². The number of carboxylic acid groups (broad SMARTS) is 1. The van der Waals surface area contributed by atoms with E-state index >= 15 is 0 Å². The zero-order valence-electron chi connectivity index (χ0n) is 18.2. The minimum Gasteiger partial charge on any atom is -0.477 e. The van der Waals surface area contributed by atoms with Crippen LogP contribution in [0.25, 0.3) is 0 Å². The molecule has 0 bridgehead atoms. The number of hydrogen-bond donors (Lipinski definition) is 4. The Hall–Kier alpha value is -2.54. The van der Waals surface area contributed by atoms with Gasteiger partial charge in [0.15, 0.2) is 5.56 Å². The van der Waals surface area contributed by atoms with E-state index in [1.54, 1.807) is 0 Å². The fourth-order valence-corrected chi connectivity index (χ4v) is 4.39. The molecule has 2 heterocycles. The van der Waals surface area contributed by atoms with Crippen LogP contribution in [-0.4, -0.2) is 63.8 Å². The summed E-state index contributed by atoms with van der Waals surface area (Å²) in [6.45, 7) is 2.46. The van der Waals surface area contributed by atoms with Crippen LogP contribution in [0.2, 0.25) is 5.02 Å². The highest BCUT2D eigenvalue weighted by Crippen LogP contribution is 2.31. The van der Waals surface area contributed by atoms with E-state index in [1.807, 2.05) is 0 Å². The third kappa shape index (κ3) is 7.23. The minimum atomic E-state index is -1.44. The molecule has 1 aliphatic heterocycles. The number of nitrogens with one attached hydrogen (secondary N) is 2. The average Bonchev–Trinajstić information content (AvgIpc) is 3.41. The molecule has 1 fully saturated rings. The number of nitrogens with zero attached hydrogens (tertiary/aromatic N) is 2. The van der Waals surface area contributed by atoms with Gasteiger partial charge in [-0.15, -0.1) is 0 Å². The monoisotopic (exact) mass is 518 g/mol. The number of likely N-dealkylation sites (tertiary alicyclic amines) is 1. The molecule has 1 aromatic carbocycles. The zero-order chi connectivity index (χ0) is 24.7. The van der Waals surface area contributed by atoms with Crippen LogP contribution < -0.4 is 15.4 Å². The number of amides is 2. The molecule has 1 aromatic heterocycles. The van der Waals surface area contributed by atoms with Gasteiger partial charge in [0.1, 0.15) is 23.2 Å². The number of ether oxygens (including phenoxy) is 1. The molecule has 0 radical (unpaired) electrons. The van der Waals surface area contributed by atoms with Gasteiger partial charge < -0.3 is 25.2 Å². The number of anilines is 1. The molecule has 0 aliphatic carbocycles. The number of aromatic carboxylic acids is 1. The topological polar surface area (TPSA) is 124 Å². The second-order valence-electron chi connectivity index (χ2n) is 7.79. The molecule has 2 aromatic rings. The number of benzene rings is 1. The average molecular weight is 519 g/mol. The Balaban J connectivity index is 1.50.